The smallest absolute Gasteiger partial charge is 0.297 e. The van der Waals surface area contributed by atoms with Gasteiger partial charge >= 0.3 is 0 Å². The average Bonchev–Trinajstić information content (AvgIpc) is 2.84. The van der Waals surface area contributed by atoms with Gasteiger partial charge < -0.3 is 4.74 Å². The monoisotopic (exact) mass is 302 g/mol. The minimum Gasteiger partial charge on any atom is -0.468 e. The molecule has 0 fully saturated rings. The first-order valence-electron chi connectivity index (χ1n) is 6.65. The molecule has 0 saturated heterocycles. The van der Waals surface area contributed by atoms with Crippen molar-refractivity contribution in [3.63, 3.8) is 0 Å². The predicted octanol–water partition coefficient (Wildman–Crippen LogP) is 3.74. The maximum absolute atomic E-state index is 5.86. The maximum atomic E-state index is 5.86. The molecule has 0 radical (unpaired) electrons. The SMILES string of the molecule is COc1nc2ccc(-c3ccnc(Cl)n3)cc2n1C(C)C. The van der Waals surface area contributed by atoms with Gasteiger partial charge in [0.05, 0.1) is 23.8 Å². The molecular formula is C15H15ClN4O. The lowest BCUT2D eigenvalue weighted by atomic mass is 10.1. The largest absolute Gasteiger partial charge is 0.468 e. The number of benzene rings is 1. The molecule has 108 valence electrons. The molecule has 0 aliphatic rings. The molecule has 0 N–H and O–H groups in total. The molecule has 0 bridgehead atoms. The van der Waals surface area contributed by atoms with Crippen LogP contribution in [0.3, 0.4) is 0 Å². The molecule has 0 saturated carbocycles. The van der Waals surface area contributed by atoms with Gasteiger partial charge in [-0.15, -0.1) is 0 Å². The Bertz CT molecular complexity index is 797. The number of rotatable bonds is 3. The van der Waals surface area contributed by atoms with Crippen LogP contribution in [0.1, 0.15) is 19.9 Å². The fraction of sp³-hybridized carbons (Fsp3) is 0.267. The number of aromatic nitrogens is 4. The lowest BCUT2D eigenvalue weighted by Gasteiger charge is -2.11. The summed E-state index contributed by atoms with van der Waals surface area (Å²) in [6, 6.07) is 8.66. The Morgan fingerprint density at radius 1 is 1.19 bits per heavy atom. The average molecular weight is 303 g/mol. The second-order valence-electron chi connectivity index (χ2n) is 4.98. The van der Waals surface area contributed by atoms with Crippen molar-refractivity contribution in [2.45, 2.75) is 19.9 Å². The summed E-state index contributed by atoms with van der Waals surface area (Å²) in [5, 5.41) is 0.238. The zero-order valence-corrected chi connectivity index (χ0v) is 12.8. The molecule has 0 amide bonds. The molecule has 5 nitrogen and oxygen atoms in total. The van der Waals surface area contributed by atoms with Crippen molar-refractivity contribution in [2.24, 2.45) is 0 Å². The van der Waals surface area contributed by atoms with Gasteiger partial charge in [-0.3, -0.25) is 4.57 Å². The molecule has 0 aliphatic carbocycles. The molecule has 21 heavy (non-hydrogen) atoms. The van der Waals surface area contributed by atoms with E-state index in [0.29, 0.717) is 6.01 Å². The first-order chi connectivity index (χ1) is 10.1. The topological polar surface area (TPSA) is 52.8 Å². The Hall–Kier alpha value is -2.14. The van der Waals surface area contributed by atoms with Crippen LogP contribution in [0.15, 0.2) is 30.5 Å². The predicted molar refractivity (Wildman–Crippen MR) is 82.7 cm³/mol. The number of halogens is 1. The third-order valence-corrected chi connectivity index (χ3v) is 3.46. The van der Waals surface area contributed by atoms with Gasteiger partial charge in [0.15, 0.2) is 0 Å². The van der Waals surface area contributed by atoms with Crippen LogP contribution in [0.2, 0.25) is 5.28 Å². The van der Waals surface area contributed by atoms with E-state index in [1.165, 1.54) is 0 Å². The first-order valence-corrected chi connectivity index (χ1v) is 7.03. The van der Waals surface area contributed by atoms with Gasteiger partial charge in [-0.05, 0) is 43.6 Å². The molecule has 0 aliphatic heterocycles. The van der Waals surface area contributed by atoms with E-state index in [9.17, 15) is 0 Å². The van der Waals surface area contributed by atoms with Crippen LogP contribution in [0.25, 0.3) is 22.3 Å². The highest BCUT2D eigenvalue weighted by atomic mass is 35.5. The second-order valence-corrected chi connectivity index (χ2v) is 5.31. The molecule has 2 heterocycles. The molecule has 1 aromatic carbocycles. The number of hydrogen-bond acceptors (Lipinski definition) is 4. The fourth-order valence-electron chi connectivity index (χ4n) is 2.37. The molecule has 3 aromatic rings. The van der Waals surface area contributed by atoms with E-state index in [1.807, 2.05) is 24.3 Å². The number of ether oxygens (including phenoxy) is 1. The lowest BCUT2D eigenvalue weighted by molar-refractivity contribution is 0.350. The number of nitrogens with zero attached hydrogens (tertiary/aromatic N) is 4. The third kappa shape index (κ3) is 2.45. The van der Waals surface area contributed by atoms with E-state index in [-0.39, 0.29) is 11.3 Å². The summed E-state index contributed by atoms with van der Waals surface area (Å²) >= 11 is 5.86. The van der Waals surface area contributed by atoms with Gasteiger partial charge in [0.1, 0.15) is 0 Å². The fourth-order valence-corrected chi connectivity index (χ4v) is 2.52. The van der Waals surface area contributed by atoms with E-state index >= 15 is 0 Å². The van der Waals surface area contributed by atoms with Gasteiger partial charge in [-0.1, -0.05) is 6.07 Å². The van der Waals surface area contributed by atoms with Gasteiger partial charge in [0.25, 0.3) is 6.01 Å². The zero-order valence-electron chi connectivity index (χ0n) is 12.0. The molecular weight excluding hydrogens is 288 g/mol. The summed E-state index contributed by atoms with van der Waals surface area (Å²) in [6.07, 6.45) is 1.65. The van der Waals surface area contributed by atoms with Gasteiger partial charge in [0, 0.05) is 17.8 Å². The van der Waals surface area contributed by atoms with Crippen molar-refractivity contribution in [1.82, 2.24) is 19.5 Å². The van der Waals surface area contributed by atoms with Gasteiger partial charge in [-0.2, -0.15) is 4.98 Å². The highest BCUT2D eigenvalue weighted by Crippen LogP contribution is 2.29. The van der Waals surface area contributed by atoms with E-state index in [2.05, 4.69) is 33.4 Å². The minimum absolute atomic E-state index is 0.238. The molecule has 3 rings (SSSR count). The van der Waals surface area contributed by atoms with Gasteiger partial charge in [0.2, 0.25) is 5.28 Å². The standard InChI is InChI=1S/C15H15ClN4O/c1-9(2)20-13-8-10(11-6-7-17-14(16)18-11)4-5-12(13)19-15(20)21-3/h4-9H,1-3H3. The Kier molecular flexibility index (Phi) is 3.51. The first kappa shape index (κ1) is 13.8. The van der Waals surface area contributed by atoms with E-state index < -0.39 is 0 Å². The summed E-state index contributed by atoms with van der Waals surface area (Å²) in [5.74, 6) is 0. The van der Waals surface area contributed by atoms with Crippen LogP contribution >= 0.6 is 11.6 Å². The van der Waals surface area contributed by atoms with Crippen LogP contribution in [-0.2, 0) is 0 Å². The van der Waals surface area contributed by atoms with Crippen molar-refractivity contribution >= 4 is 22.6 Å². The summed E-state index contributed by atoms with van der Waals surface area (Å²) < 4.78 is 7.42. The van der Waals surface area contributed by atoms with Crippen molar-refractivity contribution in [2.75, 3.05) is 7.11 Å². The van der Waals surface area contributed by atoms with Crippen molar-refractivity contribution in [1.29, 1.82) is 0 Å². The third-order valence-electron chi connectivity index (χ3n) is 3.28. The normalized spacial score (nSPS) is 11.3. The Balaban J connectivity index is 2.21. The molecule has 6 heteroatoms. The molecule has 0 spiro atoms. The highest BCUT2D eigenvalue weighted by Gasteiger charge is 2.14. The van der Waals surface area contributed by atoms with Gasteiger partial charge in [-0.25, -0.2) is 9.97 Å². The van der Waals surface area contributed by atoms with E-state index in [4.69, 9.17) is 16.3 Å². The Labute approximate surface area is 127 Å². The van der Waals surface area contributed by atoms with Crippen molar-refractivity contribution in [3.05, 3.63) is 35.7 Å². The van der Waals surface area contributed by atoms with Crippen molar-refractivity contribution in [3.8, 4) is 17.3 Å². The maximum Gasteiger partial charge on any atom is 0.297 e. The van der Waals surface area contributed by atoms with Crippen LogP contribution in [0.4, 0.5) is 0 Å². The summed E-state index contributed by atoms with van der Waals surface area (Å²) in [4.78, 5) is 12.6. The molecule has 0 unspecified atom stereocenters. The van der Waals surface area contributed by atoms with Crippen LogP contribution in [0.5, 0.6) is 6.01 Å². The Morgan fingerprint density at radius 3 is 2.67 bits per heavy atom. The van der Waals surface area contributed by atoms with Crippen LogP contribution in [-0.4, -0.2) is 26.6 Å². The number of methoxy groups -OCH3 is 1. The lowest BCUT2D eigenvalue weighted by Crippen LogP contribution is -2.03. The Morgan fingerprint density at radius 2 is 2.00 bits per heavy atom. The molecule has 0 atom stereocenters. The van der Waals surface area contributed by atoms with Crippen molar-refractivity contribution < 1.29 is 4.74 Å². The number of imidazole rings is 1. The summed E-state index contributed by atoms with van der Waals surface area (Å²) in [7, 11) is 1.63. The minimum atomic E-state index is 0.238. The second kappa shape index (κ2) is 5.33. The summed E-state index contributed by atoms with van der Waals surface area (Å²) in [6.45, 7) is 4.19. The molecule has 2 aromatic heterocycles. The zero-order chi connectivity index (χ0) is 15.0. The van der Waals surface area contributed by atoms with E-state index in [0.717, 1.165) is 22.3 Å². The van der Waals surface area contributed by atoms with Crippen LogP contribution in [0, 0.1) is 0 Å². The number of hydrogen-bond donors (Lipinski definition) is 0. The number of fused-ring (bicyclic) bond motifs is 1. The quantitative estimate of drug-likeness (QED) is 0.692. The highest BCUT2D eigenvalue weighted by molar-refractivity contribution is 6.28. The van der Waals surface area contributed by atoms with Crippen LogP contribution < -0.4 is 4.74 Å². The van der Waals surface area contributed by atoms with E-state index in [1.54, 1.807) is 13.3 Å². The summed E-state index contributed by atoms with van der Waals surface area (Å²) in [5.41, 5.74) is 3.65.